The SMILES string of the molecule is COc1ccc(-c2ccc(C(F)(F)F)cc2CN2C(=O)OC(c3ccccc3)C2C)cc1CC(=O)O. The van der Waals surface area contributed by atoms with Crippen LogP contribution < -0.4 is 4.74 Å². The van der Waals surface area contributed by atoms with Gasteiger partial charge in [0.25, 0.3) is 0 Å². The van der Waals surface area contributed by atoms with Crippen LogP contribution in [0.25, 0.3) is 11.1 Å². The van der Waals surface area contributed by atoms with Crippen molar-refractivity contribution in [1.82, 2.24) is 4.90 Å². The maximum atomic E-state index is 13.6. The molecule has 1 saturated heterocycles. The second kappa shape index (κ2) is 9.93. The van der Waals surface area contributed by atoms with Crippen LogP contribution in [0.2, 0.25) is 0 Å². The molecule has 188 valence electrons. The lowest BCUT2D eigenvalue weighted by molar-refractivity contribution is -0.138. The molecule has 0 aliphatic carbocycles. The molecule has 2 unspecified atom stereocenters. The Balaban J connectivity index is 1.75. The average molecular weight is 499 g/mol. The minimum atomic E-state index is -4.58. The lowest BCUT2D eigenvalue weighted by Gasteiger charge is -2.23. The molecular formula is C27H24F3NO5. The maximum absolute atomic E-state index is 13.6. The highest BCUT2D eigenvalue weighted by Gasteiger charge is 2.40. The first-order valence-electron chi connectivity index (χ1n) is 11.2. The molecule has 3 aromatic rings. The molecule has 0 aromatic heterocycles. The third-order valence-corrected chi connectivity index (χ3v) is 6.23. The Bertz CT molecular complexity index is 1280. The number of ether oxygens (including phenoxy) is 2. The molecule has 36 heavy (non-hydrogen) atoms. The monoisotopic (exact) mass is 499 g/mol. The number of aliphatic carboxylic acids is 1. The number of alkyl halides is 3. The van der Waals surface area contributed by atoms with Crippen LogP contribution in [0.3, 0.4) is 0 Å². The largest absolute Gasteiger partial charge is 0.496 e. The second-order valence-electron chi connectivity index (χ2n) is 8.55. The Labute approximate surface area is 205 Å². The van der Waals surface area contributed by atoms with Crippen LogP contribution in [-0.4, -0.2) is 35.2 Å². The standard InChI is InChI=1S/C27H24F3NO5/c1-16-25(17-6-4-3-5-7-17)36-26(34)31(16)15-20-13-21(27(28,29)30)9-10-22(20)18-8-11-23(35-2)19(12-18)14-24(32)33/h3-13,16,25H,14-15H2,1-2H3,(H,32,33). The fraction of sp³-hybridized carbons (Fsp3) is 0.259. The molecule has 2 atom stereocenters. The number of cyclic esters (lactones) is 1. The molecule has 0 saturated carbocycles. The van der Waals surface area contributed by atoms with Gasteiger partial charge < -0.3 is 14.6 Å². The van der Waals surface area contributed by atoms with Gasteiger partial charge in [0.05, 0.1) is 31.7 Å². The van der Waals surface area contributed by atoms with Gasteiger partial charge in [-0.05, 0) is 53.4 Å². The lowest BCUT2D eigenvalue weighted by Crippen LogP contribution is -2.31. The van der Waals surface area contributed by atoms with Crippen molar-refractivity contribution in [3.63, 3.8) is 0 Å². The van der Waals surface area contributed by atoms with E-state index in [1.54, 1.807) is 25.1 Å². The fourth-order valence-electron chi connectivity index (χ4n) is 4.42. The summed E-state index contributed by atoms with van der Waals surface area (Å²) >= 11 is 0. The van der Waals surface area contributed by atoms with Gasteiger partial charge in [0.1, 0.15) is 11.9 Å². The number of carbonyl (C=O) groups excluding carboxylic acids is 1. The van der Waals surface area contributed by atoms with Crippen molar-refractivity contribution in [1.29, 1.82) is 0 Å². The Morgan fingerprint density at radius 3 is 2.42 bits per heavy atom. The number of methoxy groups -OCH3 is 1. The van der Waals surface area contributed by atoms with E-state index in [4.69, 9.17) is 9.47 Å². The lowest BCUT2D eigenvalue weighted by atomic mass is 9.94. The molecule has 9 heteroatoms. The number of carboxylic acid groups (broad SMARTS) is 1. The van der Waals surface area contributed by atoms with Crippen LogP contribution in [0.1, 0.15) is 35.3 Å². The number of rotatable bonds is 7. The third kappa shape index (κ3) is 5.15. The summed E-state index contributed by atoms with van der Waals surface area (Å²) in [7, 11) is 1.41. The fourth-order valence-corrected chi connectivity index (χ4v) is 4.42. The van der Waals surface area contributed by atoms with Crippen LogP contribution >= 0.6 is 0 Å². The summed E-state index contributed by atoms with van der Waals surface area (Å²) in [6, 6.07) is 16.8. The molecule has 3 aromatic carbocycles. The Morgan fingerprint density at radius 1 is 1.06 bits per heavy atom. The Kier molecular flexibility index (Phi) is 6.92. The molecule has 1 aliphatic rings. The summed E-state index contributed by atoms with van der Waals surface area (Å²) in [5.41, 5.74) is 1.54. The summed E-state index contributed by atoms with van der Waals surface area (Å²) in [6.07, 6.45) is -6.08. The molecule has 1 heterocycles. The van der Waals surface area contributed by atoms with Crippen LogP contribution in [0.15, 0.2) is 66.7 Å². The van der Waals surface area contributed by atoms with E-state index >= 15 is 0 Å². The van der Waals surface area contributed by atoms with Crippen molar-refractivity contribution in [2.24, 2.45) is 0 Å². The summed E-state index contributed by atoms with van der Waals surface area (Å²) in [5.74, 6) is -0.712. The number of hydrogen-bond acceptors (Lipinski definition) is 4. The molecule has 0 radical (unpaired) electrons. The van der Waals surface area contributed by atoms with E-state index in [1.165, 1.54) is 18.1 Å². The van der Waals surface area contributed by atoms with Crippen molar-refractivity contribution in [3.8, 4) is 16.9 Å². The van der Waals surface area contributed by atoms with E-state index in [1.807, 2.05) is 30.3 Å². The van der Waals surface area contributed by atoms with Gasteiger partial charge >= 0.3 is 18.2 Å². The summed E-state index contributed by atoms with van der Waals surface area (Å²) in [4.78, 5) is 25.5. The van der Waals surface area contributed by atoms with Crippen LogP contribution in [0, 0.1) is 0 Å². The predicted molar refractivity (Wildman–Crippen MR) is 125 cm³/mol. The van der Waals surface area contributed by atoms with Crippen molar-refractivity contribution in [2.45, 2.75) is 38.2 Å². The van der Waals surface area contributed by atoms with Crippen molar-refractivity contribution < 1.29 is 37.3 Å². The maximum Gasteiger partial charge on any atom is 0.416 e. The highest BCUT2D eigenvalue weighted by atomic mass is 19.4. The van der Waals surface area contributed by atoms with E-state index < -0.39 is 35.9 Å². The molecule has 0 bridgehead atoms. The van der Waals surface area contributed by atoms with E-state index in [2.05, 4.69) is 0 Å². The number of carboxylic acids is 1. The summed E-state index contributed by atoms with van der Waals surface area (Å²) in [6.45, 7) is 1.66. The molecule has 0 spiro atoms. The van der Waals surface area contributed by atoms with Gasteiger partial charge in [-0.1, -0.05) is 42.5 Å². The van der Waals surface area contributed by atoms with Gasteiger partial charge in [0.2, 0.25) is 0 Å². The average Bonchev–Trinajstić information content (AvgIpc) is 3.12. The van der Waals surface area contributed by atoms with Gasteiger partial charge in [0.15, 0.2) is 0 Å². The highest BCUT2D eigenvalue weighted by Crippen LogP contribution is 2.38. The zero-order valence-electron chi connectivity index (χ0n) is 19.6. The summed E-state index contributed by atoms with van der Waals surface area (Å²) < 4.78 is 51.5. The molecular weight excluding hydrogens is 475 g/mol. The van der Waals surface area contributed by atoms with Crippen molar-refractivity contribution in [2.75, 3.05) is 7.11 Å². The van der Waals surface area contributed by atoms with E-state index in [0.717, 1.165) is 17.7 Å². The zero-order valence-corrected chi connectivity index (χ0v) is 19.6. The molecule has 6 nitrogen and oxygen atoms in total. The molecule has 4 rings (SSSR count). The smallest absolute Gasteiger partial charge is 0.416 e. The number of amides is 1. The highest BCUT2D eigenvalue weighted by molar-refractivity contribution is 5.76. The van der Waals surface area contributed by atoms with E-state index in [0.29, 0.717) is 22.4 Å². The molecule has 1 amide bonds. The first-order chi connectivity index (χ1) is 17.1. The number of carbonyl (C=O) groups is 2. The minimum absolute atomic E-state index is 0.122. The number of benzene rings is 3. The molecule has 1 fully saturated rings. The minimum Gasteiger partial charge on any atom is -0.496 e. The van der Waals surface area contributed by atoms with Gasteiger partial charge in [-0.2, -0.15) is 13.2 Å². The molecule has 1 N–H and O–H groups in total. The third-order valence-electron chi connectivity index (χ3n) is 6.23. The Hall–Kier alpha value is -4.01. The van der Waals surface area contributed by atoms with Gasteiger partial charge in [-0.3, -0.25) is 9.69 Å². The van der Waals surface area contributed by atoms with Crippen LogP contribution in [-0.2, 0) is 28.7 Å². The van der Waals surface area contributed by atoms with E-state index in [-0.39, 0.29) is 18.5 Å². The zero-order chi connectivity index (χ0) is 26.0. The Morgan fingerprint density at radius 2 is 1.78 bits per heavy atom. The van der Waals surface area contributed by atoms with Gasteiger partial charge in [-0.25, -0.2) is 4.79 Å². The normalized spacial score (nSPS) is 17.7. The van der Waals surface area contributed by atoms with Crippen LogP contribution in [0.4, 0.5) is 18.0 Å². The topological polar surface area (TPSA) is 76.1 Å². The van der Waals surface area contributed by atoms with Crippen molar-refractivity contribution in [3.05, 3.63) is 89.0 Å². The number of halogens is 3. The van der Waals surface area contributed by atoms with Gasteiger partial charge in [0, 0.05) is 5.56 Å². The number of nitrogens with zero attached hydrogens (tertiary/aromatic N) is 1. The first kappa shape index (κ1) is 25.1. The molecule has 1 aliphatic heterocycles. The van der Waals surface area contributed by atoms with Crippen LogP contribution in [0.5, 0.6) is 5.75 Å². The predicted octanol–water partition coefficient (Wildman–Crippen LogP) is 6.09. The summed E-state index contributed by atoms with van der Waals surface area (Å²) in [5, 5.41) is 9.26. The van der Waals surface area contributed by atoms with Gasteiger partial charge in [-0.15, -0.1) is 0 Å². The first-order valence-corrected chi connectivity index (χ1v) is 11.2. The second-order valence-corrected chi connectivity index (χ2v) is 8.55. The number of hydrogen-bond donors (Lipinski definition) is 1. The quantitative estimate of drug-likeness (QED) is 0.426. The van der Waals surface area contributed by atoms with Crippen molar-refractivity contribution >= 4 is 12.1 Å². The van der Waals surface area contributed by atoms with E-state index in [9.17, 15) is 27.9 Å².